The van der Waals surface area contributed by atoms with E-state index in [1.165, 1.54) is 0 Å². The maximum atomic E-state index is 12.3. The van der Waals surface area contributed by atoms with E-state index in [4.69, 9.17) is 26.4 Å². The molecule has 1 aromatic heterocycles. The number of thiocarbonyl (C=S) groups is 1. The van der Waals surface area contributed by atoms with Gasteiger partial charge in [-0.25, -0.2) is 9.59 Å². The fraction of sp³-hybridized carbons (Fsp3) is 0.588. The van der Waals surface area contributed by atoms with Crippen LogP contribution in [0.4, 0.5) is 5.00 Å². The van der Waals surface area contributed by atoms with E-state index in [2.05, 4.69) is 10.6 Å². The van der Waals surface area contributed by atoms with Gasteiger partial charge in [-0.2, -0.15) is 0 Å². The van der Waals surface area contributed by atoms with Gasteiger partial charge >= 0.3 is 11.9 Å². The van der Waals surface area contributed by atoms with Crippen molar-refractivity contribution >= 4 is 45.6 Å². The average molecular weight is 401 g/mol. The summed E-state index contributed by atoms with van der Waals surface area (Å²) in [6, 6.07) is 0. The number of nitrogens with one attached hydrogen (secondary N) is 2. The number of hydrogen-bond donors (Lipinski definition) is 2. The van der Waals surface area contributed by atoms with Crippen LogP contribution in [-0.4, -0.2) is 49.5 Å². The highest BCUT2D eigenvalue weighted by atomic mass is 32.1. The largest absolute Gasteiger partial charge is 0.462 e. The van der Waals surface area contributed by atoms with E-state index in [9.17, 15) is 9.59 Å². The molecule has 26 heavy (non-hydrogen) atoms. The molecular formula is C17H24N2O5S2. The Morgan fingerprint density at radius 1 is 1.27 bits per heavy atom. The zero-order chi connectivity index (χ0) is 19.1. The van der Waals surface area contributed by atoms with Crippen LogP contribution in [0.15, 0.2) is 0 Å². The van der Waals surface area contributed by atoms with Gasteiger partial charge in [-0.1, -0.05) is 0 Å². The van der Waals surface area contributed by atoms with Gasteiger partial charge in [0.1, 0.15) is 9.88 Å². The number of hydrogen-bond acceptors (Lipinski definition) is 7. The molecule has 0 radical (unpaired) electrons. The van der Waals surface area contributed by atoms with Crippen molar-refractivity contribution in [2.75, 3.05) is 31.7 Å². The lowest BCUT2D eigenvalue weighted by Crippen LogP contribution is -2.35. The summed E-state index contributed by atoms with van der Waals surface area (Å²) in [5.41, 5.74) is 0.831. The second kappa shape index (κ2) is 9.84. The predicted octanol–water partition coefficient (Wildman–Crippen LogP) is 2.88. The summed E-state index contributed by atoms with van der Waals surface area (Å²) >= 11 is 6.44. The van der Waals surface area contributed by atoms with Crippen LogP contribution in [0.5, 0.6) is 0 Å². The van der Waals surface area contributed by atoms with E-state index in [0.717, 1.165) is 30.8 Å². The summed E-state index contributed by atoms with van der Waals surface area (Å²) in [6.07, 6.45) is 2.18. The summed E-state index contributed by atoms with van der Waals surface area (Å²) in [6.45, 7) is 7.02. The quantitative estimate of drug-likeness (QED) is 0.534. The Bertz CT molecular complexity index is 668. The number of thiophene rings is 1. The molecule has 0 bridgehead atoms. The molecule has 0 aromatic carbocycles. The van der Waals surface area contributed by atoms with Crippen molar-refractivity contribution in [2.24, 2.45) is 0 Å². The molecule has 0 amide bonds. The van der Waals surface area contributed by atoms with Crippen LogP contribution >= 0.6 is 23.6 Å². The zero-order valence-corrected chi connectivity index (χ0v) is 16.8. The zero-order valence-electron chi connectivity index (χ0n) is 15.2. The van der Waals surface area contributed by atoms with Gasteiger partial charge in [-0.05, 0) is 51.4 Å². The molecule has 2 heterocycles. The fourth-order valence-electron chi connectivity index (χ4n) is 2.60. The van der Waals surface area contributed by atoms with Gasteiger partial charge in [0, 0.05) is 13.2 Å². The Kier molecular flexibility index (Phi) is 7.80. The van der Waals surface area contributed by atoms with E-state index in [1.54, 1.807) is 20.8 Å². The minimum atomic E-state index is -0.499. The van der Waals surface area contributed by atoms with Crippen molar-refractivity contribution in [1.29, 1.82) is 0 Å². The lowest BCUT2D eigenvalue weighted by atomic mass is 10.1. The molecule has 1 fully saturated rings. The van der Waals surface area contributed by atoms with E-state index in [1.807, 2.05) is 0 Å². The molecule has 1 aromatic rings. The van der Waals surface area contributed by atoms with Crippen LogP contribution in [-0.2, 0) is 14.2 Å². The van der Waals surface area contributed by atoms with Crippen LogP contribution in [0, 0.1) is 6.92 Å². The lowest BCUT2D eigenvalue weighted by molar-refractivity contribution is 0.0527. The molecule has 144 valence electrons. The molecule has 0 aliphatic carbocycles. The van der Waals surface area contributed by atoms with Crippen molar-refractivity contribution < 1.29 is 23.8 Å². The van der Waals surface area contributed by atoms with Crippen molar-refractivity contribution in [3.05, 3.63) is 16.0 Å². The Morgan fingerprint density at radius 2 is 1.96 bits per heavy atom. The van der Waals surface area contributed by atoms with Crippen molar-refractivity contribution in [3.8, 4) is 0 Å². The lowest BCUT2D eigenvalue weighted by Gasteiger charge is -2.14. The van der Waals surface area contributed by atoms with Crippen LogP contribution in [0.25, 0.3) is 0 Å². The Hall–Kier alpha value is -1.71. The summed E-state index contributed by atoms with van der Waals surface area (Å²) in [4.78, 5) is 24.8. The highest BCUT2D eigenvalue weighted by Crippen LogP contribution is 2.34. The van der Waals surface area contributed by atoms with Crippen LogP contribution in [0.2, 0.25) is 0 Å². The minimum absolute atomic E-state index is 0.138. The van der Waals surface area contributed by atoms with Crippen molar-refractivity contribution in [3.63, 3.8) is 0 Å². The number of anilines is 1. The monoisotopic (exact) mass is 400 g/mol. The Balaban J connectivity index is 2.15. The Morgan fingerprint density at radius 3 is 2.58 bits per heavy atom. The predicted molar refractivity (Wildman–Crippen MR) is 104 cm³/mol. The maximum Gasteiger partial charge on any atom is 0.348 e. The van der Waals surface area contributed by atoms with Crippen LogP contribution < -0.4 is 10.6 Å². The molecule has 9 heteroatoms. The number of ether oxygens (including phenoxy) is 3. The smallest absolute Gasteiger partial charge is 0.348 e. The molecule has 1 atom stereocenters. The minimum Gasteiger partial charge on any atom is -0.462 e. The molecular weight excluding hydrogens is 376 g/mol. The number of carbonyl (C=O) groups is 2. The summed E-state index contributed by atoms with van der Waals surface area (Å²) in [5, 5.41) is 6.92. The molecule has 2 N–H and O–H groups in total. The standard InChI is InChI=1S/C17H24N2O5S2/c1-4-22-15(20)12-10(3)13(16(21)23-5-2)26-14(12)19-17(25)18-9-11-7-6-8-24-11/h11H,4-9H2,1-3H3,(H2,18,19,25)/t11-/m1/s1. The van der Waals surface area contributed by atoms with Crippen molar-refractivity contribution in [1.82, 2.24) is 5.32 Å². The van der Waals surface area contributed by atoms with E-state index in [0.29, 0.717) is 32.7 Å². The van der Waals surface area contributed by atoms with Crippen molar-refractivity contribution in [2.45, 2.75) is 39.7 Å². The summed E-state index contributed by atoms with van der Waals surface area (Å²) in [5.74, 6) is -0.965. The van der Waals surface area contributed by atoms with E-state index < -0.39 is 11.9 Å². The van der Waals surface area contributed by atoms with Gasteiger partial charge in [0.25, 0.3) is 0 Å². The highest BCUT2D eigenvalue weighted by molar-refractivity contribution is 7.80. The maximum absolute atomic E-state index is 12.3. The van der Waals surface area contributed by atoms with Gasteiger partial charge in [-0.15, -0.1) is 11.3 Å². The first kappa shape index (κ1) is 20.6. The molecule has 1 aliphatic rings. The molecule has 7 nitrogen and oxygen atoms in total. The first-order valence-electron chi connectivity index (χ1n) is 8.61. The van der Waals surface area contributed by atoms with Gasteiger partial charge in [0.2, 0.25) is 0 Å². The van der Waals surface area contributed by atoms with Gasteiger partial charge in [0.15, 0.2) is 5.11 Å². The second-order valence-corrected chi connectivity index (χ2v) is 7.10. The highest BCUT2D eigenvalue weighted by Gasteiger charge is 2.27. The SMILES string of the molecule is CCOC(=O)c1sc(NC(=S)NC[C@H]2CCCO2)c(C(=O)OCC)c1C. The molecule has 1 aliphatic heterocycles. The second-order valence-electron chi connectivity index (χ2n) is 5.67. The summed E-state index contributed by atoms with van der Waals surface area (Å²) in [7, 11) is 0. The van der Waals surface area contributed by atoms with Gasteiger partial charge in [-0.3, -0.25) is 0 Å². The molecule has 0 unspecified atom stereocenters. The van der Waals surface area contributed by atoms with Crippen LogP contribution in [0.3, 0.4) is 0 Å². The van der Waals surface area contributed by atoms with E-state index in [-0.39, 0.29) is 19.3 Å². The van der Waals surface area contributed by atoms with Gasteiger partial charge < -0.3 is 24.8 Å². The normalized spacial score (nSPS) is 16.2. The molecule has 2 rings (SSSR count). The Labute approximate surface area is 162 Å². The van der Waals surface area contributed by atoms with Crippen LogP contribution in [0.1, 0.15) is 52.3 Å². The van der Waals surface area contributed by atoms with Gasteiger partial charge in [0.05, 0.1) is 24.9 Å². The molecule has 0 saturated carbocycles. The number of carbonyl (C=O) groups excluding carboxylic acids is 2. The average Bonchev–Trinajstić information content (AvgIpc) is 3.21. The third kappa shape index (κ3) is 5.15. The fourth-order valence-corrected chi connectivity index (χ4v) is 3.94. The number of esters is 2. The first-order chi connectivity index (χ1) is 12.5. The third-order valence-corrected chi connectivity index (χ3v) is 5.26. The topological polar surface area (TPSA) is 85.9 Å². The number of rotatable bonds is 7. The molecule has 0 spiro atoms. The summed E-state index contributed by atoms with van der Waals surface area (Å²) < 4.78 is 15.7. The van der Waals surface area contributed by atoms with E-state index >= 15 is 0 Å². The third-order valence-electron chi connectivity index (χ3n) is 3.83. The first-order valence-corrected chi connectivity index (χ1v) is 9.84. The molecule has 1 saturated heterocycles.